The Morgan fingerprint density at radius 1 is 1.02 bits per heavy atom. The van der Waals surface area contributed by atoms with E-state index in [0.29, 0.717) is 36.8 Å². The highest BCUT2D eigenvalue weighted by Crippen LogP contribution is 2.39. The first kappa shape index (κ1) is 33.5. The van der Waals surface area contributed by atoms with E-state index in [4.69, 9.17) is 10.5 Å². The van der Waals surface area contributed by atoms with Gasteiger partial charge >= 0.3 is 6.18 Å². The Labute approximate surface area is 268 Å². The van der Waals surface area contributed by atoms with Gasteiger partial charge in [0.15, 0.2) is 9.84 Å². The molecule has 1 heterocycles. The highest BCUT2D eigenvalue weighted by atomic mass is 32.2. The molecule has 2 N–H and O–H groups in total. The molecule has 46 heavy (non-hydrogen) atoms. The number of nitriles is 1. The number of halogens is 3. The van der Waals surface area contributed by atoms with Crippen molar-refractivity contribution >= 4 is 21.4 Å². The van der Waals surface area contributed by atoms with Crippen molar-refractivity contribution in [3.63, 3.8) is 0 Å². The van der Waals surface area contributed by atoms with Crippen LogP contribution < -0.4 is 10.6 Å². The van der Waals surface area contributed by atoms with Crippen molar-refractivity contribution in [2.45, 2.75) is 68.0 Å². The molecule has 0 aromatic heterocycles. The number of hydrogen-bond acceptors (Lipinski definition) is 6. The first-order valence-corrected chi connectivity index (χ1v) is 17.2. The summed E-state index contributed by atoms with van der Waals surface area (Å²) in [7, 11) is -3.43. The van der Waals surface area contributed by atoms with Crippen LogP contribution in [0.2, 0.25) is 0 Å². The van der Waals surface area contributed by atoms with Crippen molar-refractivity contribution in [1.82, 2.24) is 0 Å². The Balaban J connectivity index is 1.50. The number of nitrogens with two attached hydrogens (primary N) is 1. The van der Waals surface area contributed by atoms with E-state index in [1.807, 2.05) is 12.1 Å². The average Bonchev–Trinajstić information content (AvgIpc) is 3.88. The number of carbonyl (C=O) groups excluding carboxylic acids is 1. The zero-order chi connectivity index (χ0) is 33.1. The highest BCUT2D eigenvalue weighted by Gasteiger charge is 2.34. The summed E-state index contributed by atoms with van der Waals surface area (Å²) in [4.78, 5) is 15.0. The molecule has 1 saturated carbocycles. The van der Waals surface area contributed by atoms with Gasteiger partial charge in [0.25, 0.3) is 0 Å². The predicted octanol–water partition coefficient (Wildman–Crippen LogP) is 6.82. The lowest BCUT2D eigenvalue weighted by Gasteiger charge is -2.42. The molecule has 0 radical (unpaired) electrons. The van der Waals surface area contributed by atoms with Crippen molar-refractivity contribution in [2.75, 3.05) is 30.4 Å². The fourth-order valence-electron chi connectivity index (χ4n) is 6.20. The van der Waals surface area contributed by atoms with E-state index < -0.39 is 33.4 Å². The number of nitrogens with zero attached hydrogens (tertiary/aromatic N) is 2. The van der Waals surface area contributed by atoms with Crippen LogP contribution in [0.5, 0.6) is 0 Å². The zero-order valence-corrected chi connectivity index (χ0v) is 26.5. The lowest BCUT2D eigenvalue weighted by molar-refractivity contribution is -0.137. The molecule has 1 amide bonds. The Morgan fingerprint density at radius 2 is 1.72 bits per heavy atom. The van der Waals surface area contributed by atoms with Gasteiger partial charge < -0.3 is 15.4 Å². The largest absolute Gasteiger partial charge is 0.416 e. The number of hydrogen-bond donors (Lipinski definition) is 1. The number of anilines is 1. The molecular weight excluding hydrogens is 615 g/mol. The summed E-state index contributed by atoms with van der Waals surface area (Å²) in [6, 6.07) is 19.2. The summed E-state index contributed by atoms with van der Waals surface area (Å²) < 4.78 is 70.6. The average molecular weight is 654 g/mol. The Kier molecular flexibility index (Phi) is 10.1. The van der Waals surface area contributed by atoms with Gasteiger partial charge in [-0.2, -0.15) is 18.4 Å². The van der Waals surface area contributed by atoms with Gasteiger partial charge in [0.05, 0.1) is 34.9 Å². The number of alkyl halides is 3. The van der Waals surface area contributed by atoms with Crippen LogP contribution >= 0.6 is 0 Å². The molecule has 7 nitrogen and oxygen atoms in total. The molecule has 3 aromatic carbocycles. The van der Waals surface area contributed by atoms with Crippen LogP contribution in [0.3, 0.4) is 0 Å². The van der Waals surface area contributed by atoms with Crippen molar-refractivity contribution in [3.8, 4) is 6.07 Å². The Hall–Kier alpha value is -3.88. The topological polar surface area (TPSA) is 113 Å². The summed E-state index contributed by atoms with van der Waals surface area (Å²) >= 11 is 0. The van der Waals surface area contributed by atoms with Crippen LogP contribution in [0.1, 0.15) is 83.5 Å². The number of piperidine rings is 1. The standard InChI is InChI=1S/C35H38F3N3O4S/c1-2-46(43,44)30-14-8-25(9-15-30)31(17-18-39)33-19-28(13-16-32(33)34(40)42)41-20-26(7-12-29(41)22-45-21-23-3-4-23)24-5-10-27(11-6-24)35(36,37)38/h5-6,8-11,13-16,19,23,26,29,31H,2-4,7,12,17,20-22H2,1H3,(H2,40,42)/t26-,29-,31-/m1/s1. The van der Waals surface area contributed by atoms with Crippen molar-refractivity contribution in [1.29, 1.82) is 5.26 Å². The van der Waals surface area contributed by atoms with Gasteiger partial charge in [0.1, 0.15) is 0 Å². The van der Waals surface area contributed by atoms with Gasteiger partial charge in [-0.3, -0.25) is 4.79 Å². The van der Waals surface area contributed by atoms with Gasteiger partial charge in [-0.15, -0.1) is 0 Å². The minimum Gasteiger partial charge on any atom is -0.379 e. The van der Waals surface area contributed by atoms with Crippen LogP contribution in [-0.4, -0.2) is 45.9 Å². The summed E-state index contributed by atoms with van der Waals surface area (Å²) in [6.07, 6.45) is -0.550. The molecular formula is C35H38F3N3O4S. The Bertz CT molecular complexity index is 1680. The lowest BCUT2D eigenvalue weighted by Crippen LogP contribution is -2.45. The lowest BCUT2D eigenvalue weighted by atomic mass is 9.84. The van der Waals surface area contributed by atoms with Crippen LogP contribution in [0.25, 0.3) is 0 Å². The van der Waals surface area contributed by atoms with E-state index in [2.05, 4.69) is 11.0 Å². The van der Waals surface area contributed by atoms with Gasteiger partial charge in [0, 0.05) is 42.7 Å². The second kappa shape index (κ2) is 13.9. The summed E-state index contributed by atoms with van der Waals surface area (Å²) in [6.45, 7) is 3.26. The maximum atomic E-state index is 13.2. The molecule has 0 spiro atoms. The number of carbonyl (C=O) groups is 1. The van der Waals surface area contributed by atoms with Crippen LogP contribution in [0.15, 0.2) is 71.6 Å². The fourth-order valence-corrected chi connectivity index (χ4v) is 7.09. The van der Waals surface area contributed by atoms with Gasteiger partial charge in [-0.05, 0) is 90.8 Å². The van der Waals surface area contributed by atoms with E-state index in [9.17, 15) is 31.6 Å². The van der Waals surface area contributed by atoms with E-state index in [0.717, 1.165) is 49.1 Å². The van der Waals surface area contributed by atoms with E-state index >= 15 is 0 Å². The van der Waals surface area contributed by atoms with Crippen molar-refractivity contribution in [3.05, 3.63) is 94.5 Å². The van der Waals surface area contributed by atoms with E-state index in [1.165, 1.54) is 12.1 Å². The number of amides is 1. The summed E-state index contributed by atoms with van der Waals surface area (Å²) in [5, 5.41) is 9.79. The second-order valence-corrected chi connectivity index (χ2v) is 14.5. The molecule has 11 heteroatoms. The number of ether oxygens (including phenoxy) is 1. The maximum absolute atomic E-state index is 13.2. The molecule has 1 aliphatic carbocycles. The maximum Gasteiger partial charge on any atom is 0.416 e. The third-order valence-electron chi connectivity index (χ3n) is 9.10. The van der Waals surface area contributed by atoms with Crippen LogP contribution in [0.4, 0.5) is 18.9 Å². The summed E-state index contributed by atoms with van der Waals surface area (Å²) in [5.74, 6) is -0.712. The number of benzene rings is 3. The fraction of sp³-hybridized carbons (Fsp3) is 0.429. The Morgan fingerprint density at radius 3 is 2.30 bits per heavy atom. The molecule has 1 saturated heterocycles. The first-order valence-electron chi connectivity index (χ1n) is 15.6. The number of rotatable bonds is 12. The van der Waals surface area contributed by atoms with Crippen LogP contribution in [-0.2, 0) is 20.8 Å². The van der Waals surface area contributed by atoms with E-state index in [1.54, 1.807) is 37.3 Å². The molecule has 2 fully saturated rings. The monoisotopic (exact) mass is 653 g/mol. The van der Waals surface area contributed by atoms with Crippen LogP contribution in [0, 0.1) is 17.2 Å². The third-order valence-corrected chi connectivity index (χ3v) is 10.9. The highest BCUT2D eigenvalue weighted by molar-refractivity contribution is 7.91. The van der Waals surface area contributed by atoms with Crippen molar-refractivity contribution < 1.29 is 31.1 Å². The van der Waals surface area contributed by atoms with E-state index in [-0.39, 0.29) is 34.6 Å². The van der Waals surface area contributed by atoms with Gasteiger partial charge in [-0.1, -0.05) is 31.2 Å². The minimum absolute atomic E-state index is 0.00956. The zero-order valence-electron chi connectivity index (χ0n) is 25.7. The summed E-state index contributed by atoms with van der Waals surface area (Å²) in [5.41, 5.74) is 8.19. The molecule has 0 unspecified atom stereocenters. The quantitative estimate of drug-likeness (QED) is 0.230. The smallest absolute Gasteiger partial charge is 0.379 e. The van der Waals surface area contributed by atoms with Crippen molar-refractivity contribution in [2.24, 2.45) is 11.7 Å². The normalized spacial score (nSPS) is 19.4. The molecule has 0 bridgehead atoms. The first-order chi connectivity index (χ1) is 21.9. The SMILES string of the molecule is CCS(=O)(=O)c1ccc([C@@H](CC#N)c2cc(N3C[C@H](c4ccc(C(F)(F)F)cc4)CC[C@@H]3COCC3CC3)ccc2C(N)=O)cc1. The number of sulfone groups is 1. The molecule has 2 aliphatic rings. The molecule has 244 valence electrons. The van der Waals surface area contributed by atoms with Gasteiger partial charge in [-0.25, -0.2) is 8.42 Å². The minimum atomic E-state index is -4.41. The third kappa shape index (κ3) is 7.73. The molecule has 5 rings (SSSR count). The van der Waals surface area contributed by atoms with Gasteiger partial charge in [0.2, 0.25) is 5.91 Å². The predicted molar refractivity (Wildman–Crippen MR) is 169 cm³/mol. The number of primary amides is 1. The molecule has 3 atom stereocenters. The molecule has 1 aliphatic heterocycles. The molecule has 3 aromatic rings. The second-order valence-electron chi connectivity index (χ2n) is 12.2.